The van der Waals surface area contributed by atoms with Crippen molar-refractivity contribution in [2.24, 2.45) is 5.73 Å². The SMILES string of the molecule is NC(=O)N1CCN(Cc2ccc(Oc3nc4ccccc4s3)cc2)CC1. The average molecular weight is 368 g/mol. The van der Waals surface area contributed by atoms with Crippen LogP contribution >= 0.6 is 11.3 Å². The lowest BCUT2D eigenvalue weighted by Gasteiger charge is -2.33. The molecule has 1 aromatic heterocycles. The van der Waals surface area contributed by atoms with Gasteiger partial charge in [-0.1, -0.05) is 35.6 Å². The van der Waals surface area contributed by atoms with E-state index in [1.54, 1.807) is 16.2 Å². The van der Waals surface area contributed by atoms with Gasteiger partial charge in [-0.3, -0.25) is 4.90 Å². The first-order valence-corrected chi connectivity index (χ1v) is 9.38. The van der Waals surface area contributed by atoms with Crippen LogP contribution in [-0.4, -0.2) is 47.0 Å². The van der Waals surface area contributed by atoms with Gasteiger partial charge in [-0.15, -0.1) is 0 Å². The van der Waals surface area contributed by atoms with Crippen molar-refractivity contribution >= 4 is 27.6 Å². The number of nitrogens with zero attached hydrogens (tertiary/aromatic N) is 3. The molecule has 0 radical (unpaired) electrons. The van der Waals surface area contributed by atoms with Gasteiger partial charge in [0.1, 0.15) is 5.75 Å². The Bertz CT molecular complexity index is 868. The summed E-state index contributed by atoms with van der Waals surface area (Å²) in [6.07, 6.45) is 0. The first kappa shape index (κ1) is 16.8. The van der Waals surface area contributed by atoms with Crippen LogP contribution < -0.4 is 10.5 Å². The van der Waals surface area contributed by atoms with Crippen LogP contribution in [0.15, 0.2) is 48.5 Å². The summed E-state index contributed by atoms with van der Waals surface area (Å²) in [4.78, 5) is 19.7. The fourth-order valence-corrected chi connectivity index (χ4v) is 3.88. The molecule has 2 N–H and O–H groups in total. The number of urea groups is 1. The van der Waals surface area contributed by atoms with E-state index in [2.05, 4.69) is 22.0 Å². The van der Waals surface area contributed by atoms with Crippen LogP contribution in [-0.2, 0) is 6.54 Å². The van der Waals surface area contributed by atoms with Crippen molar-refractivity contribution in [1.29, 1.82) is 0 Å². The second-order valence-corrected chi connectivity index (χ2v) is 7.29. The van der Waals surface area contributed by atoms with Crippen molar-refractivity contribution in [3.63, 3.8) is 0 Å². The number of thiazole rings is 1. The zero-order valence-corrected chi connectivity index (χ0v) is 15.1. The smallest absolute Gasteiger partial charge is 0.314 e. The van der Waals surface area contributed by atoms with Gasteiger partial charge in [0.05, 0.1) is 10.2 Å². The lowest BCUT2D eigenvalue weighted by Crippen LogP contribution is -2.50. The molecule has 3 aromatic rings. The molecule has 0 saturated carbocycles. The van der Waals surface area contributed by atoms with E-state index in [1.807, 2.05) is 36.4 Å². The molecule has 2 aromatic carbocycles. The highest BCUT2D eigenvalue weighted by Gasteiger charge is 2.19. The van der Waals surface area contributed by atoms with E-state index in [9.17, 15) is 4.79 Å². The maximum absolute atomic E-state index is 11.2. The van der Waals surface area contributed by atoms with Gasteiger partial charge in [0.25, 0.3) is 5.19 Å². The van der Waals surface area contributed by atoms with Crippen LogP contribution in [0.1, 0.15) is 5.56 Å². The first-order chi connectivity index (χ1) is 12.7. The van der Waals surface area contributed by atoms with Gasteiger partial charge in [0.15, 0.2) is 0 Å². The minimum Gasteiger partial charge on any atom is -0.431 e. The van der Waals surface area contributed by atoms with Crippen LogP contribution in [0.2, 0.25) is 0 Å². The summed E-state index contributed by atoms with van der Waals surface area (Å²) in [6, 6.07) is 15.8. The number of amides is 2. The number of carbonyl (C=O) groups excluding carboxylic acids is 1. The topological polar surface area (TPSA) is 71.7 Å². The highest BCUT2D eigenvalue weighted by Crippen LogP contribution is 2.31. The summed E-state index contributed by atoms with van der Waals surface area (Å²) in [6.45, 7) is 3.91. The van der Waals surface area contributed by atoms with Gasteiger partial charge in [0, 0.05) is 32.7 Å². The number of carbonyl (C=O) groups is 1. The Hall–Kier alpha value is -2.64. The minimum atomic E-state index is -0.332. The van der Waals surface area contributed by atoms with E-state index >= 15 is 0 Å². The lowest BCUT2D eigenvalue weighted by molar-refractivity contribution is 0.140. The van der Waals surface area contributed by atoms with Crippen LogP contribution in [0.3, 0.4) is 0 Å². The highest BCUT2D eigenvalue weighted by molar-refractivity contribution is 7.20. The van der Waals surface area contributed by atoms with E-state index in [-0.39, 0.29) is 6.03 Å². The van der Waals surface area contributed by atoms with Crippen LogP contribution in [0.25, 0.3) is 10.2 Å². The number of hydrogen-bond acceptors (Lipinski definition) is 5. The maximum atomic E-state index is 11.2. The Labute approximate surface area is 155 Å². The molecule has 1 aliphatic heterocycles. The number of para-hydroxylation sites is 1. The maximum Gasteiger partial charge on any atom is 0.314 e. The zero-order valence-electron chi connectivity index (χ0n) is 14.3. The van der Waals surface area contributed by atoms with E-state index in [0.29, 0.717) is 18.3 Å². The van der Waals surface area contributed by atoms with Crippen molar-refractivity contribution in [2.45, 2.75) is 6.54 Å². The Morgan fingerprint density at radius 1 is 1.08 bits per heavy atom. The van der Waals surface area contributed by atoms with Gasteiger partial charge >= 0.3 is 6.03 Å². The Balaban J connectivity index is 1.35. The quantitative estimate of drug-likeness (QED) is 0.767. The molecule has 1 aliphatic rings. The number of piperazine rings is 1. The number of primary amides is 1. The van der Waals surface area contributed by atoms with Crippen molar-refractivity contribution in [1.82, 2.24) is 14.8 Å². The molecule has 0 atom stereocenters. The molecular weight excluding hydrogens is 348 g/mol. The third kappa shape index (κ3) is 3.79. The van der Waals surface area contributed by atoms with Gasteiger partial charge in [-0.05, 0) is 29.8 Å². The van der Waals surface area contributed by atoms with Gasteiger partial charge in [0.2, 0.25) is 0 Å². The number of aromatic nitrogens is 1. The molecule has 0 spiro atoms. The molecular formula is C19H20N4O2S. The predicted molar refractivity (Wildman–Crippen MR) is 103 cm³/mol. The molecule has 1 fully saturated rings. The summed E-state index contributed by atoms with van der Waals surface area (Å²) in [7, 11) is 0. The largest absolute Gasteiger partial charge is 0.431 e. The molecule has 134 valence electrons. The third-order valence-electron chi connectivity index (χ3n) is 4.49. The molecule has 2 heterocycles. The monoisotopic (exact) mass is 368 g/mol. The predicted octanol–water partition coefficient (Wildman–Crippen LogP) is 3.28. The van der Waals surface area contributed by atoms with E-state index in [4.69, 9.17) is 10.5 Å². The van der Waals surface area contributed by atoms with Crippen LogP contribution in [0, 0.1) is 0 Å². The summed E-state index contributed by atoms with van der Waals surface area (Å²) < 4.78 is 7.00. The summed E-state index contributed by atoms with van der Waals surface area (Å²) >= 11 is 1.54. The third-order valence-corrected chi connectivity index (χ3v) is 5.41. The van der Waals surface area contributed by atoms with E-state index in [0.717, 1.165) is 35.6 Å². The molecule has 6 nitrogen and oxygen atoms in total. The zero-order chi connectivity index (χ0) is 17.9. The van der Waals surface area contributed by atoms with Gasteiger partial charge in [-0.25, -0.2) is 9.78 Å². The number of rotatable bonds is 4. The molecule has 0 unspecified atom stereocenters. The molecule has 4 rings (SSSR count). The minimum absolute atomic E-state index is 0.332. The number of benzene rings is 2. The summed E-state index contributed by atoms with van der Waals surface area (Å²) in [5.41, 5.74) is 7.49. The van der Waals surface area contributed by atoms with Crippen LogP contribution in [0.5, 0.6) is 10.9 Å². The Morgan fingerprint density at radius 2 is 1.81 bits per heavy atom. The van der Waals surface area contributed by atoms with Crippen molar-refractivity contribution in [3.8, 4) is 10.9 Å². The summed E-state index contributed by atoms with van der Waals surface area (Å²) in [5.74, 6) is 0.784. The fourth-order valence-electron chi connectivity index (χ4n) is 3.04. The van der Waals surface area contributed by atoms with Gasteiger partial charge < -0.3 is 15.4 Å². The van der Waals surface area contributed by atoms with Gasteiger partial charge in [-0.2, -0.15) is 0 Å². The lowest BCUT2D eigenvalue weighted by atomic mass is 10.2. The second-order valence-electron chi connectivity index (χ2n) is 6.29. The van der Waals surface area contributed by atoms with Crippen molar-refractivity contribution in [2.75, 3.05) is 26.2 Å². The normalized spacial score (nSPS) is 15.3. The molecule has 26 heavy (non-hydrogen) atoms. The molecule has 7 heteroatoms. The first-order valence-electron chi connectivity index (χ1n) is 8.56. The standard InChI is InChI=1S/C19H20N4O2S/c20-18(24)23-11-9-22(10-12-23)13-14-5-7-15(8-6-14)25-19-21-16-3-1-2-4-17(16)26-19/h1-8H,9-13H2,(H2,20,24). The number of ether oxygens (including phenoxy) is 1. The molecule has 0 aliphatic carbocycles. The Morgan fingerprint density at radius 3 is 2.50 bits per heavy atom. The van der Waals surface area contributed by atoms with E-state index < -0.39 is 0 Å². The van der Waals surface area contributed by atoms with Crippen molar-refractivity contribution < 1.29 is 9.53 Å². The Kier molecular flexibility index (Phi) is 4.73. The number of fused-ring (bicyclic) bond motifs is 1. The average Bonchev–Trinajstić information content (AvgIpc) is 3.06. The number of hydrogen-bond donors (Lipinski definition) is 1. The second kappa shape index (κ2) is 7.31. The molecule has 0 bridgehead atoms. The molecule has 1 saturated heterocycles. The fraction of sp³-hybridized carbons (Fsp3) is 0.263. The van der Waals surface area contributed by atoms with Crippen LogP contribution in [0.4, 0.5) is 4.79 Å². The highest BCUT2D eigenvalue weighted by atomic mass is 32.1. The molecule has 2 amide bonds. The number of nitrogens with two attached hydrogens (primary N) is 1. The summed E-state index contributed by atoms with van der Waals surface area (Å²) in [5, 5.41) is 0.654. The van der Waals surface area contributed by atoms with Crippen molar-refractivity contribution in [3.05, 3.63) is 54.1 Å². The van der Waals surface area contributed by atoms with E-state index in [1.165, 1.54) is 5.56 Å².